The van der Waals surface area contributed by atoms with Crippen molar-refractivity contribution in [2.24, 2.45) is 0 Å². The predicted octanol–water partition coefficient (Wildman–Crippen LogP) is 2.98. The normalized spacial score (nSPS) is 12.6. The molecule has 9 nitrogen and oxygen atoms in total. The smallest absolute Gasteiger partial charge is 0.323 e. The number of hydrogen-bond donors (Lipinski definition) is 2. The van der Waals surface area contributed by atoms with E-state index in [1.807, 2.05) is 0 Å². The number of imide groups is 1. The summed E-state index contributed by atoms with van der Waals surface area (Å²) in [5, 5.41) is 5.35. The fraction of sp³-hybridized carbons (Fsp3) is 0.286. The number of hydrogen-bond acceptors (Lipinski definition) is 6. The molecule has 3 rings (SSSR count). The number of benzene rings is 2. The van der Waals surface area contributed by atoms with Gasteiger partial charge in [0.2, 0.25) is 0 Å². The van der Waals surface area contributed by atoms with Gasteiger partial charge in [-0.15, -0.1) is 0 Å². The Labute approximate surface area is 173 Å². The van der Waals surface area contributed by atoms with Crippen molar-refractivity contribution >= 4 is 29.2 Å². The van der Waals surface area contributed by atoms with Crippen LogP contribution in [-0.4, -0.2) is 57.2 Å². The largest absolute Gasteiger partial charge is 0.493 e. The summed E-state index contributed by atoms with van der Waals surface area (Å²) in [6.45, 7) is 0.735. The number of rotatable bonds is 8. The number of nitrogens with zero attached hydrogens (tertiary/aromatic N) is 1. The zero-order valence-corrected chi connectivity index (χ0v) is 17.0. The van der Waals surface area contributed by atoms with E-state index in [-0.39, 0.29) is 23.9 Å². The maximum absolute atomic E-state index is 12.6. The van der Waals surface area contributed by atoms with Crippen LogP contribution in [0.15, 0.2) is 36.4 Å². The van der Waals surface area contributed by atoms with Crippen LogP contribution in [0.5, 0.6) is 11.5 Å². The van der Waals surface area contributed by atoms with Crippen LogP contribution in [-0.2, 0) is 4.74 Å². The summed E-state index contributed by atoms with van der Waals surface area (Å²) < 4.78 is 15.4. The summed E-state index contributed by atoms with van der Waals surface area (Å²) in [7, 11) is 4.59. The quantitative estimate of drug-likeness (QED) is 0.509. The molecule has 2 N–H and O–H groups in total. The van der Waals surface area contributed by atoms with Gasteiger partial charge >= 0.3 is 6.03 Å². The summed E-state index contributed by atoms with van der Waals surface area (Å²) in [6.07, 6.45) is 0.556. The average Bonchev–Trinajstić information content (AvgIpc) is 2.98. The van der Waals surface area contributed by atoms with E-state index < -0.39 is 6.03 Å². The van der Waals surface area contributed by atoms with Crippen LogP contribution >= 0.6 is 0 Å². The van der Waals surface area contributed by atoms with Crippen LogP contribution in [0.3, 0.4) is 0 Å². The number of carbonyl (C=O) groups is 3. The van der Waals surface area contributed by atoms with E-state index in [1.54, 1.807) is 31.4 Å². The van der Waals surface area contributed by atoms with Gasteiger partial charge in [0.05, 0.1) is 25.3 Å². The molecule has 0 unspecified atom stereocenters. The van der Waals surface area contributed by atoms with Gasteiger partial charge in [-0.3, -0.25) is 14.5 Å². The van der Waals surface area contributed by atoms with Crippen molar-refractivity contribution in [1.29, 1.82) is 0 Å². The summed E-state index contributed by atoms with van der Waals surface area (Å²) >= 11 is 0. The Morgan fingerprint density at radius 3 is 2.17 bits per heavy atom. The molecule has 0 spiro atoms. The summed E-state index contributed by atoms with van der Waals surface area (Å²) in [4.78, 5) is 38.5. The molecule has 2 aromatic rings. The number of fused-ring (bicyclic) bond motifs is 1. The topological polar surface area (TPSA) is 106 Å². The van der Waals surface area contributed by atoms with E-state index in [2.05, 4.69) is 10.6 Å². The second-order valence-corrected chi connectivity index (χ2v) is 6.52. The first-order chi connectivity index (χ1) is 14.5. The lowest BCUT2D eigenvalue weighted by Gasteiger charge is -2.12. The number of nitrogens with one attached hydrogen (secondary N) is 2. The first-order valence-electron chi connectivity index (χ1n) is 9.27. The molecule has 0 saturated heterocycles. The van der Waals surface area contributed by atoms with E-state index in [4.69, 9.17) is 14.2 Å². The fourth-order valence-electron chi connectivity index (χ4n) is 3.15. The van der Waals surface area contributed by atoms with Crippen molar-refractivity contribution in [3.63, 3.8) is 0 Å². The molecule has 9 heteroatoms. The number of carbonyl (C=O) groups excluding carboxylic acids is 3. The van der Waals surface area contributed by atoms with Gasteiger partial charge in [0.1, 0.15) is 0 Å². The minimum absolute atomic E-state index is 0.265. The molecule has 0 fully saturated rings. The first-order valence-corrected chi connectivity index (χ1v) is 9.27. The van der Waals surface area contributed by atoms with Crippen LogP contribution in [0.4, 0.5) is 16.2 Å². The fourth-order valence-corrected chi connectivity index (χ4v) is 3.15. The minimum Gasteiger partial charge on any atom is -0.493 e. The Bertz CT molecular complexity index is 975. The summed E-state index contributed by atoms with van der Waals surface area (Å²) in [5.74, 6) is 0.299. The Hall–Kier alpha value is -3.59. The van der Waals surface area contributed by atoms with E-state index in [0.717, 1.165) is 0 Å². The Morgan fingerprint density at radius 1 is 0.867 bits per heavy atom. The molecule has 0 bridgehead atoms. The number of urea groups is 1. The van der Waals surface area contributed by atoms with Crippen molar-refractivity contribution in [3.05, 3.63) is 47.5 Å². The van der Waals surface area contributed by atoms with Gasteiger partial charge in [-0.2, -0.15) is 0 Å². The second kappa shape index (κ2) is 9.27. The molecule has 1 aliphatic heterocycles. The molecule has 0 atom stereocenters. The zero-order chi connectivity index (χ0) is 21.7. The summed E-state index contributed by atoms with van der Waals surface area (Å²) in [6, 6.07) is 9.09. The lowest BCUT2D eigenvalue weighted by Crippen LogP contribution is -2.31. The number of anilines is 2. The highest BCUT2D eigenvalue weighted by molar-refractivity contribution is 6.22. The third-order valence-corrected chi connectivity index (χ3v) is 4.60. The lowest BCUT2D eigenvalue weighted by molar-refractivity contribution is 0.0638. The van der Waals surface area contributed by atoms with Crippen LogP contribution < -0.4 is 20.1 Å². The third-order valence-electron chi connectivity index (χ3n) is 4.60. The summed E-state index contributed by atoms with van der Waals surface area (Å²) in [5.41, 5.74) is 1.48. The zero-order valence-electron chi connectivity index (χ0n) is 17.0. The monoisotopic (exact) mass is 413 g/mol. The van der Waals surface area contributed by atoms with E-state index in [9.17, 15) is 14.4 Å². The molecule has 4 amide bonds. The highest BCUT2D eigenvalue weighted by Crippen LogP contribution is 2.30. The Kier molecular flexibility index (Phi) is 6.53. The molecule has 0 aliphatic carbocycles. The van der Waals surface area contributed by atoms with Gasteiger partial charge in [-0.05, 0) is 36.8 Å². The second-order valence-electron chi connectivity index (χ2n) is 6.52. The van der Waals surface area contributed by atoms with Crippen molar-refractivity contribution < 1.29 is 28.6 Å². The van der Waals surface area contributed by atoms with E-state index in [1.165, 1.54) is 31.3 Å². The van der Waals surface area contributed by atoms with Crippen molar-refractivity contribution in [1.82, 2.24) is 4.90 Å². The SMILES string of the molecule is COCCCN1C(=O)c2ccc(NC(=O)Nc3ccc(OC)c(OC)c3)cc2C1=O. The Balaban J connectivity index is 1.68. The molecule has 1 aliphatic rings. The van der Waals surface area contributed by atoms with Crippen LogP contribution in [0, 0.1) is 0 Å². The van der Waals surface area contributed by atoms with Crippen molar-refractivity contribution in [2.45, 2.75) is 6.42 Å². The molecule has 30 heavy (non-hydrogen) atoms. The standard InChI is InChI=1S/C21H23N3O6/c1-28-10-4-9-24-19(25)15-7-5-13(11-16(15)20(24)26)22-21(27)23-14-6-8-17(29-2)18(12-14)30-3/h5-8,11-12H,4,9-10H2,1-3H3,(H2,22,23,27). The van der Waals surface area contributed by atoms with Gasteiger partial charge in [0.25, 0.3) is 11.8 Å². The maximum Gasteiger partial charge on any atom is 0.323 e. The van der Waals surface area contributed by atoms with Crippen molar-refractivity contribution in [3.8, 4) is 11.5 Å². The predicted molar refractivity (Wildman–Crippen MR) is 110 cm³/mol. The molecule has 2 aromatic carbocycles. The van der Waals surface area contributed by atoms with E-state index >= 15 is 0 Å². The van der Waals surface area contributed by atoms with Crippen LogP contribution in [0.2, 0.25) is 0 Å². The number of methoxy groups -OCH3 is 3. The molecule has 158 valence electrons. The molecular weight excluding hydrogens is 390 g/mol. The van der Waals surface area contributed by atoms with Crippen LogP contribution in [0.1, 0.15) is 27.1 Å². The van der Waals surface area contributed by atoms with Gasteiger partial charge in [-0.1, -0.05) is 0 Å². The Morgan fingerprint density at radius 2 is 1.50 bits per heavy atom. The van der Waals surface area contributed by atoms with Gasteiger partial charge in [-0.25, -0.2) is 4.79 Å². The number of ether oxygens (including phenoxy) is 3. The maximum atomic E-state index is 12.6. The van der Waals surface area contributed by atoms with Gasteiger partial charge in [0, 0.05) is 37.7 Å². The average molecular weight is 413 g/mol. The van der Waals surface area contributed by atoms with E-state index in [0.29, 0.717) is 41.5 Å². The third kappa shape index (κ3) is 4.36. The first kappa shape index (κ1) is 21.1. The van der Waals surface area contributed by atoms with Crippen LogP contribution in [0.25, 0.3) is 0 Å². The molecule has 1 heterocycles. The highest BCUT2D eigenvalue weighted by atomic mass is 16.5. The molecule has 0 aromatic heterocycles. The van der Waals surface area contributed by atoms with Crippen molar-refractivity contribution in [2.75, 3.05) is 45.1 Å². The number of amides is 4. The minimum atomic E-state index is -0.504. The molecule has 0 saturated carbocycles. The van der Waals surface area contributed by atoms with Gasteiger partial charge < -0.3 is 24.8 Å². The molecule has 0 radical (unpaired) electrons. The lowest BCUT2D eigenvalue weighted by atomic mass is 10.1. The highest BCUT2D eigenvalue weighted by Gasteiger charge is 2.35. The van der Waals surface area contributed by atoms with Gasteiger partial charge in [0.15, 0.2) is 11.5 Å². The molecular formula is C21H23N3O6.